The van der Waals surface area contributed by atoms with Crippen LogP contribution < -0.4 is 0 Å². The molecule has 5 heteroatoms. The number of hydrogen-bond acceptors (Lipinski definition) is 2. The van der Waals surface area contributed by atoms with Gasteiger partial charge in [0.25, 0.3) is 0 Å². The average molecular weight is 226 g/mol. The molecule has 16 heavy (non-hydrogen) atoms. The van der Waals surface area contributed by atoms with Crippen LogP contribution in [0.2, 0.25) is 0 Å². The van der Waals surface area contributed by atoms with Crippen molar-refractivity contribution in [3.8, 4) is 0 Å². The van der Waals surface area contributed by atoms with Gasteiger partial charge in [0.15, 0.2) is 0 Å². The quantitative estimate of drug-likeness (QED) is 0.645. The first-order valence-corrected chi connectivity index (χ1v) is 4.45. The van der Waals surface area contributed by atoms with Gasteiger partial charge in [0.1, 0.15) is 0 Å². The second-order valence-corrected chi connectivity index (χ2v) is 2.88. The molecule has 0 saturated carbocycles. The molecule has 2 nitrogen and oxygen atoms in total. The first-order valence-electron chi connectivity index (χ1n) is 4.45. The van der Waals surface area contributed by atoms with Crippen molar-refractivity contribution in [2.24, 2.45) is 0 Å². The van der Waals surface area contributed by atoms with Crippen LogP contribution >= 0.6 is 0 Å². The van der Waals surface area contributed by atoms with E-state index in [0.717, 1.165) is 12.1 Å². The first-order chi connectivity index (χ1) is 7.58. The van der Waals surface area contributed by atoms with Crippen molar-refractivity contribution in [3.05, 3.63) is 59.9 Å². The second-order valence-electron chi connectivity index (χ2n) is 2.88. The molecule has 0 aliphatic carbocycles. The lowest BCUT2D eigenvalue weighted by molar-refractivity contribution is 0.513. The van der Waals surface area contributed by atoms with Crippen molar-refractivity contribution in [1.29, 1.82) is 0 Å². The maximum atomic E-state index is 12.1. The average Bonchev–Trinajstić information content (AvgIpc) is 2.17. The molecule has 0 saturated heterocycles. The first kappa shape index (κ1) is 12.2. The zero-order valence-corrected chi connectivity index (χ0v) is 8.49. The van der Waals surface area contributed by atoms with E-state index in [2.05, 4.69) is 9.97 Å². The van der Waals surface area contributed by atoms with Gasteiger partial charge in [0.05, 0.1) is 0 Å². The van der Waals surface area contributed by atoms with Gasteiger partial charge in [-0.2, -0.15) is 18.2 Å². The lowest BCUT2D eigenvalue weighted by Gasteiger charge is -1.86. The third-order valence-electron chi connectivity index (χ3n) is 1.54. The Morgan fingerprint density at radius 1 is 0.750 bits per heavy atom. The predicted octanol–water partition coefficient (Wildman–Crippen LogP) is 2.89. The van der Waals surface area contributed by atoms with E-state index >= 15 is 0 Å². The Morgan fingerprint density at radius 3 is 1.44 bits per heavy atom. The molecule has 2 heterocycles. The molecule has 0 spiro atoms. The SMILES string of the molecule is Cc1cccc(F)n1.Fc1cccc(F)n1. The third-order valence-corrected chi connectivity index (χ3v) is 1.54. The molecular weight excluding hydrogens is 217 g/mol. The minimum absolute atomic E-state index is 0.412. The molecule has 2 rings (SSSR count). The molecule has 2 aromatic rings. The van der Waals surface area contributed by atoms with E-state index in [0.29, 0.717) is 5.69 Å². The van der Waals surface area contributed by atoms with E-state index in [4.69, 9.17) is 0 Å². The number of halogens is 3. The van der Waals surface area contributed by atoms with Gasteiger partial charge < -0.3 is 0 Å². The van der Waals surface area contributed by atoms with Crippen LogP contribution in [0, 0.1) is 24.8 Å². The van der Waals surface area contributed by atoms with Gasteiger partial charge in [0.2, 0.25) is 17.8 Å². The zero-order chi connectivity index (χ0) is 12.0. The summed E-state index contributed by atoms with van der Waals surface area (Å²) in [6.07, 6.45) is 0. The number of nitrogens with zero attached hydrogens (tertiary/aromatic N) is 2. The van der Waals surface area contributed by atoms with E-state index in [1.165, 1.54) is 12.1 Å². The van der Waals surface area contributed by atoms with Crippen LogP contribution in [0.4, 0.5) is 13.2 Å². The van der Waals surface area contributed by atoms with Crippen LogP contribution in [0.25, 0.3) is 0 Å². The molecule has 0 radical (unpaired) electrons. The summed E-state index contributed by atoms with van der Waals surface area (Å²) in [5.41, 5.74) is 0.713. The lowest BCUT2D eigenvalue weighted by atomic mass is 10.4. The summed E-state index contributed by atoms with van der Waals surface area (Å²) in [6, 6.07) is 8.15. The fourth-order valence-electron chi connectivity index (χ4n) is 0.893. The van der Waals surface area contributed by atoms with Crippen LogP contribution in [-0.4, -0.2) is 9.97 Å². The van der Waals surface area contributed by atoms with Crippen LogP contribution in [0.1, 0.15) is 5.69 Å². The van der Waals surface area contributed by atoms with Crippen LogP contribution in [0.15, 0.2) is 36.4 Å². The number of aryl methyl sites for hydroxylation is 1. The molecule has 84 valence electrons. The van der Waals surface area contributed by atoms with Crippen molar-refractivity contribution in [1.82, 2.24) is 9.97 Å². The van der Waals surface area contributed by atoms with E-state index in [-0.39, 0.29) is 0 Å². The van der Waals surface area contributed by atoms with Gasteiger partial charge in [-0.1, -0.05) is 12.1 Å². The summed E-state index contributed by atoms with van der Waals surface area (Å²) in [6.45, 7) is 1.75. The number of pyridine rings is 2. The smallest absolute Gasteiger partial charge is 0.215 e. The summed E-state index contributed by atoms with van der Waals surface area (Å²) in [4.78, 5) is 6.35. The van der Waals surface area contributed by atoms with E-state index < -0.39 is 17.8 Å². The van der Waals surface area contributed by atoms with Crippen molar-refractivity contribution in [2.75, 3.05) is 0 Å². The highest BCUT2D eigenvalue weighted by Crippen LogP contribution is 1.94. The Bertz CT molecular complexity index is 382. The fourth-order valence-corrected chi connectivity index (χ4v) is 0.893. The monoisotopic (exact) mass is 226 g/mol. The number of rotatable bonds is 0. The lowest BCUT2D eigenvalue weighted by Crippen LogP contribution is -1.83. The minimum Gasteiger partial charge on any atom is -0.225 e. The Balaban J connectivity index is 0.000000160. The van der Waals surface area contributed by atoms with Crippen molar-refractivity contribution in [3.63, 3.8) is 0 Å². The molecule has 0 bridgehead atoms. The van der Waals surface area contributed by atoms with E-state index in [1.807, 2.05) is 0 Å². The fraction of sp³-hybridized carbons (Fsp3) is 0.0909. The summed E-state index contributed by atoms with van der Waals surface area (Å²) >= 11 is 0. The second kappa shape index (κ2) is 5.85. The Kier molecular flexibility index (Phi) is 4.44. The Labute approximate surface area is 90.8 Å². The maximum Gasteiger partial charge on any atom is 0.215 e. The van der Waals surface area contributed by atoms with Crippen molar-refractivity contribution >= 4 is 0 Å². The van der Waals surface area contributed by atoms with Gasteiger partial charge in [-0.05, 0) is 31.2 Å². The highest BCUT2D eigenvalue weighted by Gasteiger charge is 1.90. The Hall–Kier alpha value is -1.91. The highest BCUT2D eigenvalue weighted by atomic mass is 19.1. The third kappa shape index (κ3) is 4.54. The molecule has 2 aromatic heterocycles. The molecule has 0 atom stereocenters. The molecule has 0 fully saturated rings. The standard InChI is InChI=1S/C6H6FN.C5H3F2N/c1-5-3-2-4-6(7)8-5;6-4-2-1-3-5(7)8-4/h2-4H,1H3;1-3H. The molecular formula is C11H9F3N2. The van der Waals surface area contributed by atoms with Gasteiger partial charge in [-0.15, -0.1) is 0 Å². The summed E-state index contributed by atoms with van der Waals surface area (Å²) < 4.78 is 35.7. The van der Waals surface area contributed by atoms with Crippen molar-refractivity contribution in [2.45, 2.75) is 6.92 Å². The number of hydrogen-bond donors (Lipinski definition) is 0. The van der Waals surface area contributed by atoms with E-state index in [9.17, 15) is 13.2 Å². The molecule has 0 amide bonds. The molecule has 0 aromatic carbocycles. The summed E-state index contributed by atoms with van der Waals surface area (Å²) in [7, 11) is 0. The molecule has 0 N–H and O–H groups in total. The minimum atomic E-state index is -0.787. The zero-order valence-electron chi connectivity index (χ0n) is 8.49. The van der Waals surface area contributed by atoms with Gasteiger partial charge in [-0.3, -0.25) is 0 Å². The van der Waals surface area contributed by atoms with Gasteiger partial charge >= 0.3 is 0 Å². The number of aromatic nitrogens is 2. The topological polar surface area (TPSA) is 25.8 Å². The van der Waals surface area contributed by atoms with E-state index in [1.54, 1.807) is 19.1 Å². The normalized spacial score (nSPS) is 9.25. The molecule has 0 aliphatic rings. The summed E-state index contributed by atoms with van der Waals surface area (Å²) in [5.74, 6) is -1.99. The van der Waals surface area contributed by atoms with Crippen LogP contribution in [-0.2, 0) is 0 Å². The van der Waals surface area contributed by atoms with Crippen LogP contribution in [0.3, 0.4) is 0 Å². The van der Waals surface area contributed by atoms with Gasteiger partial charge in [-0.25, -0.2) is 4.98 Å². The van der Waals surface area contributed by atoms with Crippen LogP contribution in [0.5, 0.6) is 0 Å². The largest absolute Gasteiger partial charge is 0.225 e. The summed E-state index contributed by atoms with van der Waals surface area (Å²) in [5, 5.41) is 0. The predicted molar refractivity (Wildman–Crippen MR) is 53.1 cm³/mol. The molecule has 0 aliphatic heterocycles. The highest BCUT2D eigenvalue weighted by molar-refractivity contribution is 5.01. The van der Waals surface area contributed by atoms with Gasteiger partial charge in [0, 0.05) is 5.69 Å². The Morgan fingerprint density at radius 2 is 1.19 bits per heavy atom. The maximum absolute atomic E-state index is 12.1. The molecule has 0 unspecified atom stereocenters. The van der Waals surface area contributed by atoms with Crippen molar-refractivity contribution < 1.29 is 13.2 Å².